The summed E-state index contributed by atoms with van der Waals surface area (Å²) in [5.41, 5.74) is 3.14. The minimum Gasteiger partial charge on any atom is -0.475 e. The van der Waals surface area contributed by atoms with Gasteiger partial charge in [0.1, 0.15) is 5.75 Å². The average molecular weight is 528 g/mol. The highest BCUT2D eigenvalue weighted by Crippen LogP contribution is 2.32. The molecule has 2 amide bonds. The van der Waals surface area contributed by atoms with Crippen LogP contribution in [0.3, 0.4) is 0 Å². The van der Waals surface area contributed by atoms with Gasteiger partial charge in [0.15, 0.2) is 0 Å². The Bertz CT molecular complexity index is 1320. The van der Waals surface area contributed by atoms with Gasteiger partial charge in [0.05, 0.1) is 23.8 Å². The number of ether oxygens (including phenoxy) is 2. The normalized spacial score (nSPS) is 15.8. The summed E-state index contributed by atoms with van der Waals surface area (Å²) in [5, 5.41) is 12.4. The number of amides is 2. The molecule has 1 aliphatic heterocycles. The third kappa shape index (κ3) is 7.12. The van der Waals surface area contributed by atoms with Gasteiger partial charge in [-0.05, 0) is 67.8 Å². The summed E-state index contributed by atoms with van der Waals surface area (Å²) < 4.78 is 10.9. The molecule has 1 N–H and O–H groups in total. The molecule has 2 heterocycles. The number of aromatic nitrogens is 1. The summed E-state index contributed by atoms with van der Waals surface area (Å²) in [6, 6.07) is 20.0. The van der Waals surface area contributed by atoms with Crippen molar-refractivity contribution in [3.8, 4) is 17.7 Å². The third-order valence-electron chi connectivity index (χ3n) is 6.39. The molecule has 39 heavy (non-hydrogen) atoms. The second kappa shape index (κ2) is 12.4. The van der Waals surface area contributed by atoms with Crippen LogP contribution in [0.5, 0.6) is 11.6 Å². The van der Waals surface area contributed by atoms with Crippen LogP contribution in [-0.4, -0.2) is 66.1 Å². The lowest BCUT2D eigenvalue weighted by molar-refractivity contribution is 0.0937. The van der Waals surface area contributed by atoms with Gasteiger partial charge < -0.3 is 19.7 Å². The van der Waals surface area contributed by atoms with E-state index in [9.17, 15) is 14.9 Å². The van der Waals surface area contributed by atoms with Gasteiger partial charge in [-0.15, -0.1) is 0 Å². The number of benzene rings is 2. The van der Waals surface area contributed by atoms with Gasteiger partial charge in [-0.1, -0.05) is 18.2 Å². The highest BCUT2D eigenvalue weighted by molar-refractivity contribution is 5.94. The fraction of sp³-hybridized carbons (Fsp3) is 0.333. The predicted molar refractivity (Wildman–Crippen MR) is 147 cm³/mol. The van der Waals surface area contributed by atoms with Gasteiger partial charge in [0.2, 0.25) is 5.88 Å². The molecule has 1 aliphatic rings. The first-order valence-corrected chi connectivity index (χ1v) is 12.9. The van der Waals surface area contributed by atoms with Crippen LogP contribution in [0.1, 0.15) is 53.4 Å². The molecule has 202 valence electrons. The molecule has 9 nitrogen and oxygen atoms in total. The molecule has 4 rings (SSSR count). The molecule has 0 bridgehead atoms. The largest absolute Gasteiger partial charge is 0.475 e. The van der Waals surface area contributed by atoms with Crippen LogP contribution in [0.25, 0.3) is 0 Å². The summed E-state index contributed by atoms with van der Waals surface area (Å²) >= 11 is 0. The Kier molecular flexibility index (Phi) is 8.79. The first-order valence-electron chi connectivity index (χ1n) is 12.9. The maximum absolute atomic E-state index is 13.0. The van der Waals surface area contributed by atoms with E-state index in [1.807, 2.05) is 56.4 Å². The van der Waals surface area contributed by atoms with E-state index in [0.717, 1.165) is 24.1 Å². The summed E-state index contributed by atoms with van der Waals surface area (Å²) in [4.78, 5) is 32.9. The minimum atomic E-state index is -0.479. The maximum Gasteiger partial charge on any atom is 0.414 e. The van der Waals surface area contributed by atoms with E-state index < -0.39 is 6.09 Å². The number of nitrogens with zero attached hydrogens (tertiary/aromatic N) is 4. The molecule has 1 saturated heterocycles. The Morgan fingerprint density at radius 1 is 1.05 bits per heavy atom. The quantitative estimate of drug-likeness (QED) is 0.463. The van der Waals surface area contributed by atoms with Crippen LogP contribution in [0.15, 0.2) is 66.9 Å². The van der Waals surface area contributed by atoms with Crippen molar-refractivity contribution in [2.24, 2.45) is 0 Å². The molecule has 2 aromatic carbocycles. The van der Waals surface area contributed by atoms with Crippen molar-refractivity contribution in [3.63, 3.8) is 0 Å². The van der Waals surface area contributed by atoms with Crippen LogP contribution >= 0.6 is 0 Å². The number of hydrogen-bond donors (Lipinski definition) is 1. The van der Waals surface area contributed by atoms with Gasteiger partial charge in [0, 0.05) is 51.1 Å². The molecule has 0 saturated carbocycles. The third-order valence-corrected chi connectivity index (χ3v) is 6.39. The molecule has 0 spiro atoms. The SMILES string of the molecule is CC(C)Oc1ccc(C(c2ccc(C#N)cc2)N2CCC(NC(=O)c3ccc(OC(=O)N(C)C)cc3)C2)cn1. The van der Waals surface area contributed by atoms with Crippen LogP contribution < -0.4 is 14.8 Å². The number of rotatable bonds is 8. The van der Waals surface area contributed by atoms with Gasteiger partial charge in [0.25, 0.3) is 5.91 Å². The number of likely N-dealkylation sites (tertiary alicyclic amines) is 1. The van der Waals surface area contributed by atoms with Crippen molar-refractivity contribution in [3.05, 3.63) is 89.1 Å². The van der Waals surface area contributed by atoms with Gasteiger partial charge in [-0.2, -0.15) is 5.26 Å². The monoisotopic (exact) mass is 527 g/mol. The molecule has 2 unspecified atom stereocenters. The lowest BCUT2D eigenvalue weighted by Crippen LogP contribution is -2.38. The van der Waals surface area contributed by atoms with Crippen molar-refractivity contribution in [1.29, 1.82) is 5.26 Å². The van der Waals surface area contributed by atoms with Crippen LogP contribution in [0.2, 0.25) is 0 Å². The van der Waals surface area contributed by atoms with Crippen molar-refractivity contribution in [2.45, 2.75) is 38.5 Å². The molecule has 1 fully saturated rings. The van der Waals surface area contributed by atoms with E-state index in [4.69, 9.17) is 9.47 Å². The van der Waals surface area contributed by atoms with Gasteiger partial charge >= 0.3 is 6.09 Å². The van der Waals surface area contributed by atoms with E-state index in [0.29, 0.717) is 29.3 Å². The molecule has 1 aromatic heterocycles. The van der Waals surface area contributed by atoms with Crippen LogP contribution in [-0.2, 0) is 0 Å². The smallest absolute Gasteiger partial charge is 0.414 e. The van der Waals surface area contributed by atoms with Crippen molar-refractivity contribution < 1.29 is 19.1 Å². The van der Waals surface area contributed by atoms with E-state index in [1.54, 1.807) is 38.4 Å². The molecular formula is C30H33N5O4. The first kappa shape index (κ1) is 27.6. The van der Waals surface area contributed by atoms with Gasteiger partial charge in [-0.3, -0.25) is 9.69 Å². The highest BCUT2D eigenvalue weighted by atomic mass is 16.6. The number of pyridine rings is 1. The summed E-state index contributed by atoms with van der Waals surface area (Å²) in [5.74, 6) is 0.765. The van der Waals surface area contributed by atoms with E-state index >= 15 is 0 Å². The summed E-state index contributed by atoms with van der Waals surface area (Å²) in [7, 11) is 3.21. The molecule has 0 aliphatic carbocycles. The van der Waals surface area contributed by atoms with Crippen LogP contribution in [0, 0.1) is 11.3 Å². The van der Waals surface area contributed by atoms with E-state index in [1.165, 1.54) is 4.90 Å². The van der Waals surface area contributed by atoms with E-state index in [-0.39, 0.29) is 24.1 Å². The first-order chi connectivity index (χ1) is 18.7. The Morgan fingerprint density at radius 2 is 1.74 bits per heavy atom. The molecule has 3 aromatic rings. The number of nitriles is 1. The molecule has 9 heteroatoms. The fourth-order valence-corrected chi connectivity index (χ4v) is 4.49. The predicted octanol–water partition coefficient (Wildman–Crippen LogP) is 4.39. The summed E-state index contributed by atoms with van der Waals surface area (Å²) in [6.07, 6.45) is 2.17. The zero-order chi connectivity index (χ0) is 27.9. The summed E-state index contributed by atoms with van der Waals surface area (Å²) in [6.45, 7) is 5.35. The second-order valence-electron chi connectivity index (χ2n) is 9.97. The van der Waals surface area contributed by atoms with Crippen molar-refractivity contribution in [1.82, 2.24) is 20.1 Å². The number of nitrogens with one attached hydrogen (secondary N) is 1. The number of carbonyl (C=O) groups is 2. The number of hydrogen-bond acceptors (Lipinski definition) is 7. The molecular weight excluding hydrogens is 494 g/mol. The van der Waals surface area contributed by atoms with Gasteiger partial charge in [-0.25, -0.2) is 9.78 Å². The second-order valence-corrected chi connectivity index (χ2v) is 9.97. The standard InChI is InChI=1S/C30H33N5O4/c1-20(2)38-27-14-11-24(18-32-27)28(22-7-5-21(17-31)6-8-22)35-16-15-25(19-35)33-29(36)23-9-12-26(13-10-23)39-30(37)34(3)4/h5-14,18,20,25,28H,15-16,19H2,1-4H3,(H,33,36). The minimum absolute atomic E-state index is 0.0323. The highest BCUT2D eigenvalue weighted by Gasteiger charge is 2.31. The zero-order valence-corrected chi connectivity index (χ0v) is 22.6. The number of carbonyl (C=O) groups excluding carboxylic acids is 2. The fourth-order valence-electron chi connectivity index (χ4n) is 4.49. The Labute approximate surface area is 229 Å². The lowest BCUT2D eigenvalue weighted by atomic mass is 9.97. The lowest BCUT2D eigenvalue weighted by Gasteiger charge is -2.29. The zero-order valence-electron chi connectivity index (χ0n) is 22.6. The van der Waals surface area contributed by atoms with Crippen LogP contribution in [0.4, 0.5) is 4.79 Å². The Balaban J connectivity index is 1.46. The Morgan fingerprint density at radius 3 is 2.33 bits per heavy atom. The average Bonchev–Trinajstić information content (AvgIpc) is 3.38. The molecule has 2 atom stereocenters. The van der Waals surface area contributed by atoms with Crippen molar-refractivity contribution in [2.75, 3.05) is 27.2 Å². The maximum atomic E-state index is 13.0. The van der Waals surface area contributed by atoms with Crippen molar-refractivity contribution >= 4 is 12.0 Å². The Hall–Kier alpha value is -4.42. The topological polar surface area (TPSA) is 108 Å². The molecule has 0 radical (unpaired) electrons. The van der Waals surface area contributed by atoms with E-state index in [2.05, 4.69) is 21.3 Å².